The van der Waals surface area contributed by atoms with Crippen molar-refractivity contribution in [2.45, 2.75) is 140 Å². The molecule has 2 aromatic carbocycles. The highest BCUT2D eigenvalue weighted by Gasteiger charge is 2.56. The first kappa shape index (κ1) is 52.7. The molecule has 2 saturated heterocycles. The van der Waals surface area contributed by atoms with Crippen molar-refractivity contribution in [2.75, 3.05) is 34.0 Å². The summed E-state index contributed by atoms with van der Waals surface area (Å²) in [6.45, 7) is 5.58. The number of hydrogen-bond donors (Lipinski definition) is 6. The van der Waals surface area contributed by atoms with Crippen molar-refractivity contribution >= 4 is 41.2 Å². The highest BCUT2D eigenvalue weighted by Crippen LogP contribution is 2.52. The number of ether oxygens (including phenoxy) is 10. The van der Waals surface area contributed by atoms with Gasteiger partial charge in [-0.05, 0) is 39.3 Å². The fourth-order valence-electron chi connectivity index (χ4n) is 9.19. The first-order valence-corrected chi connectivity index (χ1v) is 22.2. The van der Waals surface area contributed by atoms with E-state index >= 15 is 0 Å². The molecule has 6 N–H and O–H groups in total. The SMILES string of the molecule is CCOC(CCCN[C@H]1CC(O[C@H]2C[C@](O)(C(=O)CO)Cc3c(O)c4c(c(O)c32)C(=O)c2c(OC)cccc2C4=O)O[C@@H](C)[C@H]1O)O[C@@H]1O[C@H](C(=O)OC)[C@@H](OC(C)=O)[C@H](OC(C)=O)[C@H]1OC(C)=O. The Kier molecular flexibility index (Phi) is 16.8. The zero-order valence-electron chi connectivity index (χ0n) is 38.9. The van der Waals surface area contributed by atoms with Crippen molar-refractivity contribution in [3.8, 4) is 17.2 Å². The standard InChI is InChI=1S/C46H57NO22/c1-8-62-29(68-45-43(66-22(5)51)41(65-21(4)50)40(64-20(3)49)42(69-45)44(58)61-7)13-10-14-47-25-15-30(63-19(2)35(25)53)67-27-17-46(59,28(52)18-48)16-24-32(27)39(57)34-33(37(24)55)36(54)23-11-9-12-26(60-6)31(23)38(34)56/h9,11-12,19,25,27,29-30,35,40-43,45,47-48,53,55,57,59H,8,10,13-18H2,1-7H3/t19-,25-,27-,29?,30?,35+,40-,41-,42-,43+,45+,46-/m0/s1. The van der Waals surface area contributed by atoms with Crippen LogP contribution in [0.4, 0.5) is 0 Å². The Hall–Kier alpha value is -5.63. The average molecular weight is 976 g/mol. The maximum Gasteiger partial charge on any atom is 0.339 e. The summed E-state index contributed by atoms with van der Waals surface area (Å²) < 4.78 is 56.5. The number of aliphatic hydroxyl groups excluding tert-OH is 2. The largest absolute Gasteiger partial charge is 0.507 e. The summed E-state index contributed by atoms with van der Waals surface area (Å²) in [5, 5.41) is 59.6. The van der Waals surface area contributed by atoms with Crippen LogP contribution >= 0.6 is 0 Å². The topological polar surface area (TPSA) is 325 Å². The zero-order chi connectivity index (χ0) is 50.6. The zero-order valence-corrected chi connectivity index (χ0v) is 38.9. The van der Waals surface area contributed by atoms with E-state index in [0.717, 1.165) is 27.9 Å². The second-order valence-electron chi connectivity index (χ2n) is 16.9. The maximum absolute atomic E-state index is 14.1. The molecular formula is C46H57NO22. The van der Waals surface area contributed by atoms with Gasteiger partial charge in [-0.15, -0.1) is 0 Å². The van der Waals surface area contributed by atoms with Gasteiger partial charge in [0.2, 0.25) is 12.1 Å². The molecule has 69 heavy (non-hydrogen) atoms. The highest BCUT2D eigenvalue weighted by atomic mass is 16.8. The first-order chi connectivity index (χ1) is 32.7. The van der Waals surface area contributed by atoms with Gasteiger partial charge in [0.15, 0.2) is 48.6 Å². The van der Waals surface area contributed by atoms with E-state index in [1.807, 2.05) is 0 Å². The normalized spacial score (nSPS) is 28.8. The fraction of sp³-hybridized carbons (Fsp3) is 0.587. The lowest BCUT2D eigenvalue weighted by atomic mass is 9.72. The number of phenolic OH excluding ortho intramolecular Hbond substituents is 2. The number of aliphatic hydroxyl groups is 3. The van der Waals surface area contributed by atoms with E-state index < -0.39 is 157 Å². The third-order valence-electron chi connectivity index (χ3n) is 12.3. The second-order valence-corrected chi connectivity index (χ2v) is 16.9. The third kappa shape index (κ3) is 10.9. The number of esters is 4. The van der Waals surface area contributed by atoms with Crippen LogP contribution in [0.1, 0.15) is 109 Å². The van der Waals surface area contributed by atoms with Gasteiger partial charge in [-0.3, -0.25) is 28.8 Å². The predicted molar refractivity (Wildman–Crippen MR) is 229 cm³/mol. The number of ketones is 3. The number of nitrogens with one attached hydrogen (secondary N) is 1. The molecule has 6 rings (SSSR count). The van der Waals surface area contributed by atoms with Gasteiger partial charge in [0.05, 0.1) is 49.2 Å². The summed E-state index contributed by atoms with van der Waals surface area (Å²) in [6.07, 6.45) is -14.9. The molecule has 0 bridgehead atoms. The van der Waals surface area contributed by atoms with Crippen LogP contribution in [-0.4, -0.2) is 168 Å². The molecule has 2 aliphatic heterocycles. The molecule has 0 saturated carbocycles. The molecule has 12 atom stereocenters. The fourth-order valence-corrected chi connectivity index (χ4v) is 9.19. The molecule has 0 radical (unpaired) electrons. The van der Waals surface area contributed by atoms with Crippen LogP contribution < -0.4 is 10.1 Å². The third-order valence-corrected chi connectivity index (χ3v) is 12.3. The number of Topliss-reactive ketones (excluding diaryl/α,β-unsaturated/α-hetero) is 1. The summed E-state index contributed by atoms with van der Waals surface area (Å²) in [7, 11) is 2.34. The van der Waals surface area contributed by atoms with Gasteiger partial charge in [0.25, 0.3) is 0 Å². The number of hydrogen-bond acceptors (Lipinski definition) is 23. The van der Waals surface area contributed by atoms with E-state index in [4.69, 9.17) is 47.4 Å². The highest BCUT2D eigenvalue weighted by molar-refractivity contribution is 6.31. The molecule has 2 heterocycles. The molecular weight excluding hydrogens is 918 g/mol. The predicted octanol–water partition coefficient (Wildman–Crippen LogP) is 0.485. The van der Waals surface area contributed by atoms with Gasteiger partial charge in [-0.25, -0.2) is 4.79 Å². The van der Waals surface area contributed by atoms with Crippen LogP contribution in [-0.2, 0) is 73.0 Å². The van der Waals surface area contributed by atoms with Crippen molar-refractivity contribution in [3.63, 3.8) is 0 Å². The van der Waals surface area contributed by atoms with Crippen LogP contribution in [0.15, 0.2) is 18.2 Å². The van der Waals surface area contributed by atoms with Crippen LogP contribution in [0.25, 0.3) is 0 Å². The molecule has 2 unspecified atom stereocenters. The first-order valence-electron chi connectivity index (χ1n) is 22.2. The molecule has 23 nitrogen and oxygen atoms in total. The van der Waals surface area contributed by atoms with E-state index in [-0.39, 0.29) is 60.4 Å². The monoisotopic (exact) mass is 975 g/mol. The summed E-state index contributed by atoms with van der Waals surface area (Å²) in [6, 6.07) is 3.52. The Morgan fingerprint density at radius 1 is 0.899 bits per heavy atom. The molecule has 2 aromatic rings. The van der Waals surface area contributed by atoms with Crippen molar-refractivity contribution in [1.29, 1.82) is 0 Å². The summed E-state index contributed by atoms with van der Waals surface area (Å²) in [5.74, 6) is -7.83. The van der Waals surface area contributed by atoms with Crippen LogP contribution in [0.5, 0.6) is 17.2 Å². The van der Waals surface area contributed by atoms with E-state index in [2.05, 4.69) is 5.32 Å². The molecule has 0 spiro atoms. The Labute approximate surface area is 395 Å². The van der Waals surface area contributed by atoms with Crippen molar-refractivity contribution in [3.05, 3.63) is 51.6 Å². The van der Waals surface area contributed by atoms with Crippen molar-refractivity contribution in [2.24, 2.45) is 0 Å². The van der Waals surface area contributed by atoms with Gasteiger partial charge >= 0.3 is 23.9 Å². The molecule has 0 amide bonds. The van der Waals surface area contributed by atoms with Crippen LogP contribution in [0.3, 0.4) is 0 Å². The van der Waals surface area contributed by atoms with Gasteiger partial charge in [-0.1, -0.05) is 12.1 Å². The Bertz CT molecular complexity index is 2320. The number of fused-ring (bicyclic) bond motifs is 3. The van der Waals surface area contributed by atoms with Crippen LogP contribution in [0.2, 0.25) is 0 Å². The maximum atomic E-state index is 14.1. The second kappa shape index (κ2) is 22.0. The minimum atomic E-state index is -2.38. The molecule has 4 aliphatic rings. The average Bonchev–Trinajstić information content (AvgIpc) is 3.29. The van der Waals surface area contributed by atoms with Gasteiger partial charge in [0, 0.05) is 69.4 Å². The van der Waals surface area contributed by atoms with Crippen molar-refractivity contribution < 1.29 is 106 Å². The van der Waals surface area contributed by atoms with E-state index in [0.29, 0.717) is 0 Å². The summed E-state index contributed by atoms with van der Waals surface area (Å²) in [5.41, 5.74) is -4.21. The van der Waals surface area contributed by atoms with E-state index in [9.17, 15) is 59.1 Å². The minimum Gasteiger partial charge on any atom is -0.507 e. The number of carbonyl (C=O) groups excluding carboxylic acids is 7. The summed E-state index contributed by atoms with van der Waals surface area (Å²) >= 11 is 0. The van der Waals surface area contributed by atoms with Gasteiger partial charge < -0.3 is 78.2 Å². The number of phenols is 2. The van der Waals surface area contributed by atoms with Gasteiger partial charge in [-0.2, -0.15) is 0 Å². The van der Waals surface area contributed by atoms with Crippen molar-refractivity contribution in [1.82, 2.24) is 5.32 Å². The molecule has 2 fully saturated rings. The van der Waals surface area contributed by atoms with Gasteiger partial charge in [0.1, 0.15) is 29.5 Å². The van der Waals surface area contributed by atoms with E-state index in [1.165, 1.54) is 25.3 Å². The van der Waals surface area contributed by atoms with E-state index in [1.54, 1.807) is 13.8 Å². The molecule has 378 valence electrons. The number of carbonyl (C=O) groups is 7. The van der Waals surface area contributed by atoms with Crippen LogP contribution in [0, 0.1) is 0 Å². The Balaban J connectivity index is 1.20. The summed E-state index contributed by atoms with van der Waals surface area (Å²) in [4.78, 5) is 90.5. The minimum absolute atomic E-state index is 0.0384. The number of benzene rings is 2. The molecule has 2 aliphatic carbocycles. The quantitative estimate of drug-likeness (QED) is 0.0332. The lowest BCUT2D eigenvalue weighted by Crippen LogP contribution is -2.64. The lowest BCUT2D eigenvalue weighted by molar-refractivity contribution is -0.334. The Morgan fingerprint density at radius 3 is 2.17 bits per heavy atom. The lowest BCUT2D eigenvalue weighted by Gasteiger charge is -2.44. The number of rotatable bonds is 18. The molecule has 23 heteroatoms. The smallest absolute Gasteiger partial charge is 0.339 e. The molecule has 0 aromatic heterocycles. The number of aromatic hydroxyl groups is 2. The Morgan fingerprint density at radius 2 is 1.55 bits per heavy atom. The number of methoxy groups -OCH3 is 2.